The van der Waals surface area contributed by atoms with Gasteiger partial charge in [-0.3, -0.25) is 14.5 Å². The second-order valence-electron chi connectivity index (χ2n) is 5.61. The van der Waals surface area contributed by atoms with Crippen LogP contribution >= 0.6 is 0 Å². The summed E-state index contributed by atoms with van der Waals surface area (Å²) in [5.41, 5.74) is 0. The lowest BCUT2D eigenvalue weighted by atomic mass is 10.0. The first-order valence-electron chi connectivity index (χ1n) is 7.07. The summed E-state index contributed by atoms with van der Waals surface area (Å²) in [6.45, 7) is 7.20. The molecule has 0 aromatic carbocycles. The van der Waals surface area contributed by atoms with E-state index in [1.165, 1.54) is 7.11 Å². The molecular formula is C14H26N2O3. The van der Waals surface area contributed by atoms with E-state index in [1.807, 2.05) is 11.8 Å². The molecule has 1 fully saturated rings. The van der Waals surface area contributed by atoms with E-state index in [0.717, 1.165) is 25.8 Å². The Morgan fingerprint density at radius 1 is 1.32 bits per heavy atom. The fourth-order valence-corrected chi connectivity index (χ4v) is 2.23. The molecule has 110 valence electrons. The second kappa shape index (κ2) is 7.48. The summed E-state index contributed by atoms with van der Waals surface area (Å²) in [5, 5.41) is 2.97. The van der Waals surface area contributed by atoms with Crippen LogP contribution in [0.3, 0.4) is 0 Å². The van der Waals surface area contributed by atoms with Crippen LogP contribution in [0.25, 0.3) is 0 Å². The number of ether oxygens (including phenoxy) is 1. The highest BCUT2D eigenvalue weighted by Crippen LogP contribution is 2.17. The van der Waals surface area contributed by atoms with Crippen molar-refractivity contribution in [2.24, 2.45) is 5.92 Å². The van der Waals surface area contributed by atoms with Crippen molar-refractivity contribution >= 4 is 11.9 Å². The Labute approximate surface area is 115 Å². The van der Waals surface area contributed by atoms with Gasteiger partial charge in [0.25, 0.3) is 0 Å². The highest BCUT2D eigenvalue weighted by Gasteiger charge is 2.30. The number of piperidine rings is 1. The molecule has 0 saturated carbocycles. The van der Waals surface area contributed by atoms with Crippen molar-refractivity contribution in [2.75, 3.05) is 20.2 Å². The van der Waals surface area contributed by atoms with Gasteiger partial charge in [0.2, 0.25) is 5.91 Å². The van der Waals surface area contributed by atoms with E-state index in [1.54, 1.807) is 0 Å². The molecule has 1 aliphatic heterocycles. The molecule has 1 saturated heterocycles. The first-order valence-corrected chi connectivity index (χ1v) is 7.07. The molecule has 0 aromatic heterocycles. The smallest absolute Gasteiger partial charge is 0.323 e. The molecule has 2 atom stereocenters. The van der Waals surface area contributed by atoms with E-state index in [4.69, 9.17) is 4.74 Å². The monoisotopic (exact) mass is 270 g/mol. The van der Waals surface area contributed by atoms with Crippen molar-refractivity contribution in [3.8, 4) is 0 Å². The van der Waals surface area contributed by atoms with Crippen molar-refractivity contribution in [2.45, 2.75) is 52.1 Å². The molecule has 0 radical (unpaired) electrons. The fourth-order valence-electron chi connectivity index (χ4n) is 2.23. The molecule has 19 heavy (non-hydrogen) atoms. The van der Waals surface area contributed by atoms with Crippen LogP contribution in [-0.2, 0) is 14.3 Å². The summed E-state index contributed by atoms with van der Waals surface area (Å²) in [6, 6.07) is -0.118. The summed E-state index contributed by atoms with van der Waals surface area (Å²) in [5.74, 6) is 0.156. The Kier molecular flexibility index (Phi) is 6.28. The third-order valence-electron chi connectivity index (χ3n) is 3.82. The highest BCUT2D eigenvalue weighted by atomic mass is 16.5. The maximum atomic E-state index is 12.0. The van der Waals surface area contributed by atoms with Crippen LogP contribution in [0.5, 0.6) is 0 Å². The van der Waals surface area contributed by atoms with Gasteiger partial charge in [0.05, 0.1) is 13.7 Å². The molecule has 5 nitrogen and oxygen atoms in total. The van der Waals surface area contributed by atoms with Crippen LogP contribution in [0.2, 0.25) is 0 Å². The average Bonchev–Trinajstić information content (AvgIpc) is 2.38. The van der Waals surface area contributed by atoms with Crippen LogP contribution in [-0.4, -0.2) is 49.1 Å². The van der Waals surface area contributed by atoms with Gasteiger partial charge < -0.3 is 10.1 Å². The second-order valence-corrected chi connectivity index (χ2v) is 5.61. The number of likely N-dealkylation sites (tertiary alicyclic amines) is 1. The van der Waals surface area contributed by atoms with E-state index in [2.05, 4.69) is 19.2 Å². The van der Waals surface area contributed by atoms with Crippen molar-refractivity contribution in [3.63, 3.8) is 0 Å². The number of rotatable bonds is 5. The Morgan fingerprint density at radius 2 is 2.00 bits per heavy atom. The van der Waals surface area contributed by atoms with Crippen LogP contribution in [0.1, 0.15) is 40.0 Å². The molecule has 1 amide bonds. The maximum absolute atomic E-state index is 12.0. The minimum Gasteiger partial charge on any atom is -0.468 e. The largest absolute Gasteiger partial charge is 0.468 e. The molecule has 0 aromatic rings. The molecule has 1 heterocycles. The first-order chi connectivity index (χ1) is 8.95. The molecule has 0 bridgehead atoms. The van der Waals surface area contributed by atoms with Gasteiger partial charge in [0.15, 0.2) is 0 Å². The molecular weight excluding hydrogens is 244 g/mol. The lowest BCUT2D eigenvalue weighted by molar-refractivity contribution is -0.148. The summed E-state index contributed by atoms with van der Waals surface area (Å²) in [7, 11) is 1.40. The van der Waals surface area contributed by atoms with Gasteiger partial charge >= 0.3 is 5.97 Å². The van der Waals surface area contributed by atoms with Crippen molar-refractivity contribution in [3.05, 3.63) is 0 Å². The van der Waals surface area contributed by atoms with E-state index in [-0.39, 0.29) is 30.5 Å². The van der Waals surface area contributed by atoms with Gasteiger partial charge in [-0.25, -0.2) is 0 Å². The Balaban J connectivity index is 2.52. The summed E-state index contributed by atoms with van der Waals surface area (Å²) in [6.07, 6.45) is 2.82. The topological polar surface area (TPSA) is 58.6 Å². The third-order valence-corrected chi connectivity index (χ3v) is 3.82. The molecule has 1 N–H and O–H groups in total. The number of nitrogens with one attached hydrogen (secondary N) is 1. The normalized spacial score (nSPS) is 22.1. The standard InChI is InChI=1S/C14H26N2O3/c1-10(2)11(3)15-13(17)9-16-8-6-5-7-12(16)14(18)19-4/h10-12H,5-9H2,1-4H3,(H,15,17). The van der Waals surface area contributed by atoms with Crippen molar-refractivity contribution in [1.29, 1.82) is 0 Å². The van der Waals surface area contributed by atoms with Crippen LogP contribution in [0.15, 0.2) is 0 Å². The molecule has 1 aliphatic rings. The number of nitrogens with zero attached hydrogens (tertiary/aromatic N) is 1. The van der Waals surface area contributed by atoms with Crippen molar-refractivity contribution < 1.29 is 14.3 Å². The zero-order chi connectivity index (χ0) is 14.4. The lowest BCUT2D eigenvalue weighted by Crippen LogP contribution is -2.50. The Hall–Kier alpha value is -1.10. The van der Waals surface area contributed by atoms with Crippen LogP contribution in [0, 0.1) is 5.92 Å². The van der Waals surface area contributed by atoms with Gasteiger partial charge in [-0.05, 0) is 32.2 Å². The third kappa shape index (κ3) is 4.82. The predicted octanol–water partition coefficient (Wildman–Crippen LogP) is 1.17. The quantitative estimate of drug-likeness (QED) is 0.762. The highest BCUT2D eigenvalue weighted by molar-refractivity contribution is 5.80. The summed E-state index contributed by atoms with van der Waals surface area (Å²) < 4.78 is 4.81. The zero-order valence-electron chi connectivity index (χ0n) is 12.4. The fraction of sp³-hybridized carbons (Fsp3) is 0.857. The van der Waals surface area contributed by atoms with E-state index >= 15 is 0 Å². The number of hydrogen-bond donors (Lipinski definition) is 1. The van der Waals surface area contributed by atoms with E-state index < -0.39 is 0 Å². The maximum Gasteiger partial charge on any atom is 0.323 e. The van der Waals surface area contributed by atoms with E-state index in [0.29, 0.717) is 5.92 Å². The minimum atomic E-state index is -0.265. The van der Waals surface area contributed by atoms with Gasteiger partial charge in [-0.15, -0.1) is 0 Å². The SMILES string of the molecule is COC(=O)C1CCCCN1CC(=O)NC(C)C(C)C. The minimum absolute atomic E-state index is 0.0167. The Bertz CT molecular complexity index is 318. The molecule has 0 spiro atoms. The van der Waals surface area contributed by atoms with Crippen LogP contribution in [0.4, 0.5) is 0 Å². The van der Waals surface area contributed by atoms with Gasteiger partial charge in [-0.2, -0.15) is 0 Å². The van der Waals surface area contributed by atoms with E-state index in [9.17, 15) is 9.59 Å². The predicted molar refractivity (Wildman–Crippen MR) is 73.7 cm³/mol. The van der Waals surface area contributed by atoms with Crippen LogP contribution < -0.4 is 5.32 Å². The molecule has 5 heteroatoms. The zero-order valence-corrected chi connectivity index (χ0v) is 12.4. The number of hydrogen-bond acceptors (Lipinski definition) is 4. The number of esters is 1. The van der Waals surface area contributed by atoms with Gasteiger partial charge in [-0.1, -0.05) is 20.3 Å². The van der Waals surface area contributed by atoms with Crippen molar-refractivity contribution in [1.82, 2.24) is 10.2 Å². The first kappa shape index (κ1) is 16.0. The summed E-state index contributed by atoms with van der Waals surface area (Å²) in [4.78, 5) is 25.6. The average molecular weight is 270 g/mol. The number of methoxy groups -OCH3 is 1. The molecule has 1 rings (SSSR count). The summed E-state index contributed by atoms with van der Waals surface area (Å²) >= 11 is 0. The number of carbonyl (C=O) groups is 2. The Morgan fingerprint density at radius 3 is 2.58 bits per heavy atom. The molecule has 2 unspecified atom stereocenters. The number of amides is 1. The van der Waals surface area contributed by atoms with Gasteiger partial charge in [0, 0.05) is 6.04 Å². The molecule has 0 aliphatic carbocycles. The number of carbonyl (C=O) groups excluding carboxylic acids is 2. The lowest BCUT2D eigenvalue weighted by Gasteiger charge is -2.33. The van der Waals surface area contributed by atoms with Gasteiger partial charge in [0.1, 0.15) is 6.04 Å².